The van der Waals surface area contributed by atoms with Gasteiger partial charge in [0.1, 0.15) is 23.2 Å². The molecule has 0 N–H and O–H groups in total. The molecule has 40 heavy (non-hydrogen) atoms. The SMILES string of the molecule is CCc1cc(C#N)c(OC(F)F)cc1N(C)c1cc2c(ncn2C)c(N=C(c2ccccc2)c2ccccc2)n1. The van der Waals surface area contributed by atoms with E-state index in [0.717, 1.165) is 27.9 Å². The van der Waals surface area contributed by atoms with Gasteiger partial charge in [-0.05, 0) is 18.1 Å². The molecule has 0 bridgehead atoms. The van der Waals surface area contributed by atoms with E-state index in [-0.39, 0.29) is 11.3 Å². The van der Waals surface area contributed by atoms with Crippen LogP contribution in [0.4, 0.5) is 26.1 Å². The molecule has 5 rings (SSSR count). The van der Waals surface area contributed by atoms with Crippen molar-refractivity contribution in [3.8, 4) is 11.8 Å². The van der Waals surface area contributed by atoms with Crippen LogP contribution in [0, 0.1) is 11.3 Å². The number of halogens is 2. The van der Waals surface area contributed by atoms with Crippen molar-refractivity contribution in [1.29, 1.82) is 5.26 Å². The minimum atomic E-state index is -3.06. The zero-order valence-corrected chi connectivity index (χ0v) is 22.2. The number of imidazole rings is 1. The molecule has 5 aromatic rings. The molecular formula is C31H26F2N6O. The summed E-state index contributed by atoms with van der Waals surface area (Å²) in [5.41, 5.74) is 5.43. The lowest BCUT2D eigenvalue weighted by molar-refractivity contribution is -0.0500. The maximum atomic E-state index is 13.1. The highest BCUT2D eigenvalue weighted by Gasteiger charge is 2.20. The van der Waals surface area contributed by atoms with Gasteiger partial charge in [0.25, 0.3) is 0 Å². The first-order valence-corrected chi connectivity index (χ1v) is 12.7. The van der Waals surface area contributed by atoms with Gasteiger partial charge < -0.3 is 14.2 Å². The molecule has 3 aromatic carbocycles. The van der Waals surface area contributed by atoms with Gasteiger partial charge in [-0.15, -0.1) is 0 Å². The maximum absolute atomic E-state index is 13.1. The Hall–Kier alpha value is -5.10. The summed E-state index contributed by atoms with van der Waals surface area (Å²) in [6.07, 6.45) is 2.27. The predicted octanol–water partition coefficient (Wildman–Crippen LogP) is 6.94. The Morgan fingerprint density at radius 1 is 1.05 bits per heavy atom. The summed E-state index contributed by atoms with van der Waals surface area (Å²) in [7, 11) is 3.68. The number of aromatic nitrogens is 3. The highest BCUT2D eigenvalue weighted by Crippen LogP contribution is 2.36. The fourth-order valence-corrected chi connectivity index (χ4v) is 4.56. The van der Waals surface area contributed by atoms with E-state index in [4.69, 9.17) is 9.98 Å². The highest BCUT2D eigenvalue weighted by molar-refractivity contribution is 6.14. The molecule has 9 heteroatoms. The van der Waals surface area contributed by atoms with Gasteiger partial charge in [0.2, 0.25) is 0 Å². The van der Waals surface area contributed by atoms with Gasteiger partial charge in [-0.25, -0.2) is 15.0 Å². The molecule has 0 aliphatic carbocycles. The molecule has 2 heterocycles. The van der Waals surface area contributed by atoms with Crippen LogP contribution in [0.5, 0.6) is 5.75 Å². The largest absolute Gasteiger partial charge is 0.433 e. The zero-order valence-electron chi connectivity index (χ0n) is 22.2. The smallest absolute Gasteiger partial charge is 0.387 e. The number of anilines is 2. The number of nitrogens with zero attached hydrogens (tertiary/aromatic N) is 6. The minimum absolute atomic E-state index is 0.0463. The van der Waals surface area contributed by atoms with Crippen molar-refractivity contribution in [3.63, 3.8) is 0 Å². The Morgan fingerprint density at radius 2 is 1.70 bits per heavy atom. The van der Waals surface area contributed by atoms with E-state index in [1.807, 2.05) is 91.3 Å². The maximum Gasteiger partial charge on any atom is 0.387 e. The van der Waals surface area contributed by atoms with Crippen molar-refractivity contribution in [2.45, 2.75) is 20.0 Å². The van der Waals surface area contributed by atoms with Crippen molar-refractivity contribution >= 4 is 34.1 Å². The lowest BCUT2D eigenvalue weighted by Gasteiger charge is -2.23. The lowest BCUT2D eigenvalue weighted by atomic mass is 10.0. The summed E-state index contributed by atoms with van der Waals surface area (Å²) < 4.78 is 32.8. The van der Waals surface area contributed by atoms with Crippen molar-refractivity contribution < 1.29 is 13.5 Å². The highest BCUT2D eigenvalue weighted by atomic mass is 19.3. The molecule has 0 aliphatic rings. The Morgan fingerprint density at radius 3 is 2.27 bits per heavy atom. The standard InChI is InChI=1S/C31H26F2N6O/c1-4-20-15-23(18-34)26(40-31(32)33)16-24(20)39(3)27-17-25-29(35-19-38(25)2)30(36-27)37-28(21-11-7-5-8-12-21)22-13-9-6-10-14-22/h5-17,19,31H,4H2,1-3H3. The number of ether oxygens (including phenoxy) is 1. The molecule has 0 saturated carbocycles. The number of aliphatic imine (C=N–C) groups is 1. The third kappa shape index (κ3) is 5.24. The molecule has 0 saturated heterocycles. The molecule has 0 unspecified atom stereocenters. The second kappa shape index (κ2) is 11.3. The monoisotopic (exact) mass is 536 g/mol. The fourth-order valence-electron chi connectivity index (χ4n) is 4.56. The van der Waals surface area contributed by atoms with Crippen LogP contribution in [0.25, 0.3) is 11.0 Å². The third-order valence-corrected chi connectivity index (χ3v) is 6.60. The summed E-state index contributed by atoms with van der Waals surface area (Å²) >= 11 is 0. The Labute approximate surface area is 230 Å². The molecule has 0 atom stereocenters. The molecule has 0 radical (unpaired) electrons. The Bertz CT molecular complexity index is 1680. The van der Waals surface area contributed by atoms with Gasteiger partial charge in [0.15, 0.2) is 5.82 Å². The van der Waals surface area contributed by atoms with E-state index < -0.39 is 6.61 Å². The molecular weight excluding hydrogens is 510 g/mol. The van der Waals surface area contributed by atoms with E-state index in [0.29, 0.717) is 29.3 Å². The quantitative estimate of drug-likeness (QED) is 0.201. The van der Waals surface area contributed by atoms with Crippen molar-refractivity contribution in [2.75, 3.05) is 11.9 Å². The molecule has 0 spiro atoms. The molecule has 0 aliphatic heterocycles. The summed E-state index contributed by atoms with van der Waals surface area (Å²) in [4.78, 5) is 16.3. The number of aryl methyl sites for hydroxylation is 2. The first-order valence-electron chi connectivity index (χ1n) is 12.7. The summed E-state index contributed by atoms with van der Waals surface area (Å²) in [5.74, 6) is 0.753. The summed E-state index contributed by atoms with van der Waals surface area (Å²) in [6, 6.07) is 26.6. The fraction of sp³-hybridized carbons (Fsp3) is 0.161. The van der Waals surface area contributed by atoms with Crippen LogP contribution < -0.4 is 9.64 Å². The van der Waals surface area contributed by atoms with Crippen molar-refractivity contribution in [1.82, 2.24) is 14.5 Å². The average Bonchev–Trinajstić information content (AvgIpc) is 3.36. The summed E-state index contributed by atoms with van der Waals surface area (Å²) in [6.45, 7) is -1.13. The van der Waals surface area contributed by atoms with Gasteiger partial charge in [-0.2, -0.15) is 14.0 Å². The zero-order chi connectivity index (χ0) is 28.2. The van der Waals surface area contributed by atoms with E-state index in [2.05, 4.69) is 9.72 Å². The topological polar surface area (TPSA) is 79.3 Å². The number of alkyl halides is 2. The number of rotatable bonds is 8. The van der Waals surface area contributed by atoms with E-state index in [1.165, 1.54) is 6.07 Å². The third-order valence-electron chi connectivity index (χ3n) is 6.60. The van der Waals surface area contributed by atoms with Gasteiger partial charge >= 0.3 is 6.61 Å². The number of nitriles is 1. The van der Waals surface area contributed by atoms with Gasteiger partial charge in [0, 0.05) is 43.0 Å². The molecule has 0 fully saturated rings. The van der Waals surface area contributed by atoms with Crippen LogP contribution in [-0.4, -0.2) is 33.9 Å². The van der Waals surface area contributed by atoms with Crippen LogP contribution in [-0.2, 0) is 13.5 Å². The van der Waals surface area contributed by atoms with Crippen molar-refractivity contribution in [2.24, 2.45) is 12.0 Å². The molecule has 7 nitrogen and oxygen atoms in total. The average molecular weight is 537 g/mol. The van der Waals surface area contributed by atoms with Gasteiger partial charge in [-0.1, -0.05) is 67.6 Å². The number of benzene rings is 3. The first-order chi connectivity index (χ1) is 19.4. The van der Waals surface area contributed by atoms with Crippen molar-refractivity contribution in [3.05, 3.63) is 107 Å². The summed E-state index contributed by atoms with van der Waals surface area (Å²) in [5, 5.41) is 9.51. The van der Waals surface area contributed by atoms with E-state index in [1.54, 1.807) is 24.3 Å². The molecule has 200 valence electrons. The second-order valence-corrected chi connectivity index (χ2v) is 9.10. The Balaban J connectivity index is 1.70. The molecule has 2 aromatic heterocycles. The van der Waals surface area contributed by atoms with Gasteiger partial charge in [0.05, 0.1) is 23.1 Å². The van der Waals surface area contributed by atoms with Crippen LogP contribution in [0.15, 0.2) is 90.2 Å². The van der Waals surface area contributed by atoms with Crippen LogP contribution >= 0.6 is 0 Å². The lowest BCUT2D eigenvalue weighted by Crippen LogP contribution is -2.15. The van der Waals surface area contributed by atoms with Crippen LogP contribution in [0.1, 0.15) is 29.2 Å². The Kier molecular flexibility index (Phi) is 7.51. The normalized spacial score (nSPS) is 10.9. The number of hydrogen-bond donors (Lipinski definition) is 0. The van der Waals surface area contributed by atoms with Crippen LogP contribution in [0.2, 0.25) is 0 Å². The van der Waals surface area contributed by atoms with Gasteiger partial charge in [-0.3, -0.25) is 0 Å². The van der Waals surface area contributed by atoms with Crippen LogP contribution in [0.3, 0.4) is 0 Å². The first kappa shape index (κ1) is 26.5. The predicted molar refractivity (Wildman–Crippen MR) is 152 cm³/mol. The second-order valence-electron chi connectivity index (χ2n) is 9.10. The van der Waals surface area contributed by atoms with E-state index in [9.17, 15) is 14.0 Å². The number of pyridine rings is 1. The number of hydrogen-bond acceptors (Lipinski definition) is 6. The number of fused-ring (bicyclic) bond motifs is 1. The van der Waals surface area contributed by atoms with E-state index >= 15 is 0 Å². The minimum Gasteiger partial charge on any atom is -0.433 e. The molecule has 0 amide bonds.